The molecule has 2 N–H and O–H groups in total. The van der Waals surface area contributed by atoms with E-state index in [9.17, 15) is 18.0 Å². The topological polar surface area (TPSA) is 82.7 Å². The summed E-state index contributed by atoms with van der Waals surface area (Å²) in [5.41, 5.74) is 4.28. The Kier molecular flexibility index (Phi) is 9.52. The molecule has 48 heavy (non-hydrogen) atoms. The van der Waals surface area contributed by atoms with Gasteiger partial charge in [0.25, 0.3) is 5.91 Å². The molecule has 6 rings (SSSR count). The maximum atomic E-state index is 14.1. The standard InChI is InChI=1S/C36H37F3N8O/c1-4-44-15-17-45(18-16-44)23-28-10-12-29(20-32(28)36(37,38)39)43-35(48)27-9-8-25(3)26(19-27)11-13-31-22-40-34-33(7-6-14-47(31)34)42-30-21-41-46(5-2)24-30/h6-10,12,14,19-22,24,42H,4-5,15-18,23H2,1-3H3,(H,43,48). The number of aromatic nitrogens is 4. The molecule has 0 aliphatic carbocycles. The molecule has 1 aliphatic heterocycles. The fraction of sp³-hybridized carbons (Fsp3) is 0.306. The zero-order chi connectivity index (χ0) is 33.8. The summed E-state index contributed by atoms with van der Waals surface area (Å²) in [7, 11) is 0. The SMILES string of the molecule is CCN1CCN(Cc2ccc(NC(=O)c3ccc(C)c(C#Cc4cnc5c(Nc6cnn(CC)c6)cccn45)c3)cc2C(F)(F)F)CC1. The molecule has 1 fully saturated rings. The number of carbonyl (C=O) groups is 1. The van der Waals surface area contributed by atoms with Gasteiger partial charge in [0.05, 0.1) is 29.3 Å². The van der Waals surface area contributed by atoms with Crippen molar-refractivity contribution < 1.29 is 18.0 Å². The first-order valence-corrected chi connectivity index (χ1v) is 16.0. The van der Waals surface area contributed by atoms with Gasteiger partial charge in [0.1, 0.15) is 5.69 Å². The second kappa shape index (κ2) is 13.9. The van der Waals surface area contributed by atoms with Crippen LogP contribution in [0.5, 0.6) is 0 Å². The van der Waals surface area contributed by atoms with Crippen LogP contribution >= 0.6 is 0 Å². The third-order valence-electron chi connectivity index (χ3n) is 8.58. The van der Waals surface area contributed by atoms with Crippen LogP contribution < -0.4 is 10.6 Å². The number of benzene rings is 2. The van der Waals surface area contributed by atoms with E-state index in [1.807, 2.05) is 52.4 Å². The zero-order valence-corrected chi connectivity index (χ0v) is 27.1. The van der Waals surface area contributed by atoms with E-state index in [0.717, 1.165) is 49.2 Å². The minimum Gasteiger partial charge on any atom is -0.350 e. The number of rotatable bonds is 8. The number of piperazine rings is 1. The Bertz CT molecular complexity index is 1990. The highest BCUT2D eigenvalue weighted by atomic mass is 19.4. The van der Waals surface area contributed by atoms with Crippen molar-refractivity contribution in [3.63, 3.8) is 0 Å². The van der Waals surface area contributed by atoms with Crippen molar-refractivity contribution in [2.24, 2.45) is 0 Å². The summed E-state index contributed by atoms with van der Waals surface area (Å²) in [6.45, 7) is 11.0. The largest absolute Gasteiger partial charge is 0.416 e. The maximum Gasteiger partial charge on any atom is 0.416 e. The van der Waals surface area contributed by atoms with Crippen molar-refractivity contribution in [3.8, 4) is 11.8 Å². The molecule has 0 radical (unpaired) electrons. The second-order valence-corrected chi connectivity index (χ2v) is 11.8. The Hall–Kier alpha value is -5.12. The lowest BCUT2D eigenvalue weighted by molar-refractivity contribution is -0.138. The van der Waals surface area contributed by atoms with Gasteiger partial charge < -0.3 is 15.5 Å². The van der Waals surface area contributed by atoms with Gasteiger partial charge in [-0.2, -0.15) is 18.3 Å². The number of carbonyl (C=O) groups excluding carboxylic acids is 1. The van der Waals surface area contributed by atoms with Gasteiger partial charge >= 0.3 is 6.18 Å². The van der Waals surface area contributed by atoms with Crippen molar-refractivity contribution in [1.29, 1.82) is 0 Å². The van der Waals surface area contributed by atoms with Crippen molar-refractivity contribution >= 4 is 28.6 Å². The number of hydrogen-bond acceptors (Lipinski definition) is 6. The summed E-state index contributed by atoms with van der Waals surface area (Å²) in [4.78, 5) is 22.1. The molecule has 248 valence electrons. The van der Waals surface area contributed by atoms with Gasteiger partial charge in [-0.15, -0.1) is 0 Å². The molecule has 5 aromatic rings. The first-order valence-electron chi connectivity index (χ1n) is 16.0. The van der Waals surface area contributed by atoms with Crippen molar-refractivity contribution in [3.05, 3.63) is 107 Å². The predicted molar refractivity (Wildman–Crippen MR) is 180 cm³/mol. The van der Waals surface area contributed by atoms with Crippen LogP contribution in [0, 0.1) is 18.8 Å². The van der Waals surface area contributed by atoms with E-state index >= 15 is 0 Å². The normalized spacial score (nSPS) is 14.1. The minimum atomic E-state index is -4.55. The van der Waals surface area contributed by atoms with Gasteiger partial charge in [-0.1, -0.05) is 25.0 Å². The van der Waals surface area contributed by atoms with Gasteiger partial charge in [0, 0.05) is 68.5 Å². The maximum absolute atomic E-state index is 14.1. The molecule has 1 aliphatic rings. The average Bonchev–Trinajstić information content (AvgIpc) is 3.72. The van der Waals surface area contributed by atoms with Crippen molar-refractivity contribution in [2.75, 3.05) is 43.4 Å². The molecule has 0 bridgehead atoms. The number of pyridine rings is 1. The number of amides is 1. The smallest absolute Gasteiger partial charge is 0.350 e. The van der Waals surface area contributed by atoms with Crippen molar-refractivity contribution in [1.82, 2.24) is 29.0 Å². The van der Waals surface area contributed by atoms with Gasteiger partial charge in [-0.3, -0.25) is 18.8 Å². The van der Waals surface area contributed by atoms with Gasteiger partial charge in [-0.05, 0) is 73.8 Å². The number of anilines is 3. The minimum absolute atomic E-state index is 0.0808. The Morgan fingerprint density at radius 3 is 2.46 bits per heavy atom. The zero-order valence-electron chi connectivity index (χ0n) is 27.1. The summed E-state index contributed by atoms with van der Waals surface area (Å²) in [5, 5.41) is 10.3. The van der Waals surface area contributed by atoms with Crippen LogP contribution in [0.15, 0.2) is 73.3 Å². The van der Waals surface area contributed by atoms with Crippen LogP contribution in [0.2, 0.25) is 0 Å². The summed E-state index contributed by atoms with van der Waals surface area (Å²) in [5.74, 6) is 5.78. The molecule has 4 heterocycles. The molecular weight excluding hydrogens is 617 g/mol. The third-order valence-corrected chi connectivity index (χ3v) is 8.58. The number of halogens is 3. The molecule has 0 saturated carbocycles. The Morgan fingerprint density at radius 1 is 0.938 bits per heavy atom. The van der Waals surface area contributed by atoms with E-state index in [0.29, 0.717) is 30.0 Å². The first-order chi connectivity index (χ1) is 23.1. The fourth-order valence-corrected chi connectivity index (χ4v) is 5.75. The molecule has 0 spiro atoms. The van der Waals surface area contributed by atoms with E-state index < -0.39 is 17.6 Å². The van der Waals surface area contributed by atoms with Crippen LogP contribution in [-0.4, -0.2) is 67.6 Å². The number of aryl methyl sites for hydroxylation is 2. The highest BCUT2D eigenvalue weighted by molar-refractivity contribution is 6.04. The molecule has 3 aromatic heterocycles. The second-order valence-electron chi connectivity index (χ2n) is 11.8. The van der Waals surface area contributed by atoms with E-state index in [4.69, 9.17) is 0 Å². The third kappa shape index (κ3) is 7.38. The lowest BCUT2D eigenvalue weighted by atomic mass is 10.0. The van der Waals surface area contributed by atoms with Crippen LogP contribution in [0.3, 0.4) is 0 Å². The summed E-state index contributed by atoms with van der Waals surface area (Å²) in [6, 6.07) is 12.9. The van der Waals surface area contributed by atoms with E-state index in [1.54, 1.807) is 30.6 Å². The van der Waals surface area contributed by atoms with Crippen LogP contribution in [0.1, 0.15) is 52.2 Å². The molecule has 0 unspecified atom stereocenters. The first kappa shape index (κ1) is 32.8. The number of likely N-dealkylation sites (N-methyl/N-ethyl adjacent to an activating group) is 1. The summed E-state index contributed by atoms with van der Waals surface area (Å²) < 4.78 is 46.1. The lowest BCUT2D eigenvalue weighted by Gasteiger charge is -2.34. The molecule has 2 aromatic carbocycles. The van der Waals surface area contributed by atoms with E-state index in [1.165, 1.54) is 12.1 Å². The molecule has 9 nitrogen and oxygen atoms in total. The van der Waals surface area contributed by atoms with Gasteiger partial charge in [-0.25, -0.2) is 4.98 Å². The highest BCUT2D eigenvalue weighted by Crippen LogP contribution is 2.35. The summed E-state index contributed by atoms with van der Waals surface area (Å²) >= 11 is 0. The number of imidazole rings is 1. The van der Waals surface area contributed by atoms with E-state index in [2.05, 4.69) is 44.4 Å². The number of nitrogens with one attached hydrogen (secondary N) is 2. The van der Waals surface area contributed by atoms with E-state index in [-0.39, 0.29) is 23.4 Å². The van der Waals surface area contributed by atoms with Crippen molar-refractivity contribution in [2.45, 2.75) is 40.0 Å². The number of nitrogens with zero attached hydrogens (tertiary/aromatic N) is 6. The Morgan fingerprint density at radius 2 is 1.73 bits per heavy atom. The predicted octanol–water partition coefficient (Wildman–Crippen LogP) is 6.41. The number of alkyl halides is 3. The quantitative estimate of drug-likeness (QED) is 0.188. The van der Waals surface area contributed by atoms with Crippen LogP contribution in [-0.2, 0) is 19.3 Å². The van der Waals surface area contributed by atoms with Gasteiger partial charge in [0.2, 0.25) is 0 Å². The molecule has 1 saturated heterocycles. The molecule has 1 amide bonds. The van der Waals surface area contributed by atoms with Crippen LogP contribution in [0.25, 0.3) is 5.65 Å². The molecule has 0 atom stereocenters. The lowest BCUT2D eigenvalue weighted by Crippen LogP contribution is -2.45. The number of fused-ring (bicyclic) bond motifs is 1. The Labute approximate surface area is 277 Å². The molecule has 12 heteroatoms. The highest BCUT2D eigenvalue weighted by Gasteiger charge is 2.34. The van der Waals surface area contributed by atoms with Crippen LogP contribution in [0.4, 0.5) is 30.2 Å². The monoisotopic (exact) mass is 654 g/mol. The number of hydrogen-bond donors (Lipinski definition) is 2. The Balaban J connectivity index is 1.18. The summed E-state index contributed by atoms with van der Waals surface area (Å²) in [6.07, 6.45) is 2.67. The molecular formula is C36H37F3N8O. The average molecular weight is 655 g/mol. The van der Waals surface area contributed by atoms with Gasteiger partial charge in [0.15, 0.2) is 5.65 Å². The fourth-order valence-electron chi connectivity index (χ4n) is 5.75.